The Hall–Kier alpha value is -3.24. The van der Waals surface area contributed by atoms with Crippen molar-refractivity contribution in [2.75, 3.05) is 13.2 Å². The number of sulfonamides is 1. The van der Waals surface area contributed by atoms with E-state index in [0.29, 0.717) is 23.4 Å². The van der Waals surface area contributed by atoms with Crippen molar-refractivity contribution in [1.29, 1.82) is 0 Å². The summed E-state index contributed by atoms with van der Waals surface area (Å²) in [6, 6.07) is 21.9. The first-order valence-corrected chi connectivity index (χ1v) is 15.2. The minimum atomic E-state index is -3.55. The summed E-state index contributed by atoms with van der Waals surface area (Å²) in [6.45, 7) is 0.417. The van der Waals surface area contributed by atoms with Crippen molar-refractivity contribution in [2.45, 2.75) is 55.6 Å². The van der Waals surface area contributed by atoms with Gasteiger partial charge in [0.15, 0.2) is 0 Å². The van der Waals surface area contributed by atoms with Crippen LogP contribution in [-0.2, 0) is 32.6 Å². The van der Waals surface area contributed by atoms with Crippen LogP contribution in [0.25, 0.3) is 0 Å². The van der Waals surface area contributed by atoms with E-state index in [-0.39, 0.29) is 48.9 Å². The van der Waals surface area contributed by atoms with Crippen LogP contribution >= 0.6 is 11.6 Å². The van der Waals surface area contributed by atoms with Gasteiger partial charge in [-0.05, 0) is 66.6 Å². The van der Waals surface area contributed by atoms with E-state index in [9.17, 15) is 18.0 Å². The van der Waals surface area contributed by atoms with Crippen LogP contribution in [0.3, 0.4) is 0 Å². The van der Waals surface area contributed by atoms with E-state index < -0.39 is 16.1 Å². The molecule has 0 saturated heterocycles. The fourth-order valence-corrected chi connectivity index (χ4v) is 5.76. The van der Waals surface area contributed by atoms with Crippen molar-refractivity contribution in [3.8, 4) is 0 Å². The van der Waals surface area contributed by atoms with E-state index in [1.807, 2.05) is 42.5 Å². The SMILES string of the molecule is O=C(NCCCO)C(c1ccccc1)N(Cc1ccc(Cl)cc1)C(=O)CCc1ccc(S(=O)(=O)NC2CC2)cc1. The lowest BCUT2D eigenvalue weighted by Gasteiger charge is -2.32. The summed E-state index contributed by atoms with van der Waals surface area (Å²) in [6.07, 6.45) is 2.61. The van der Waals surface area contributed by atoms with E-state index in [0.717, 1.165) is 24.0 Å². The Morgan fingerprint density at radius 2 is 1.60 bits per heavy atom. The number of halogens is 1. The zero-order valence-corrected chi connectivity index (χ0v) is 23.7. The molecule has 0 heterocycles. The van der Waals surface area contributed by atoms with Gasteiger partial charge < -0.3 is 15.3 Å². The molecule has 0 bridgehead atoms. The highest BCUT2D eigenvalue weighted by molar-refractivity contribution is 7.89. The number of carbonyl (C=O) groups is 2. The van der Waals surface area contributed by atoms with Gasteiger partial charge in [0.25, 0.3) is 0 Å². The van der Waals surface area contributed by atoms with Crippen molar-refractivity contribution in [3.63, 3.8) is 0 Å². The third-order valence-electron chi connectivity index (χ3n) is 6.66. The molecule has 1 aliphatic carbocycles. The molecule has 40 heavy (non-hydrogen) atoms. The molecule has 2 amide bonds. The molecule has 1 aliphatic rings. The lowest BCUT2D eigenvalue weighted by atomic mass is 10.0. The first-order chi connectivity index (χ1) is 19.3. The van der Waals surface area contributed by atoms with E-state index in [1.165, 1.54) is 0 Å². The summed E-state index contributed by atoms with van der Waals surface area (Å²) in [7, 11) is -3.55. The second kappa shape index (κ2) is 13.9. The summed E-state index contributed by atoms with van der Waals surface area (Å²) in [5.41, 5.74) is 2.30. The van der Waals surface area contributed by atoms with Crippen molar-refractivity contribution >= 4 is 33.4 Å². The van der Waals surface area contributed by atoms with Gasteiger partial charge in [-0.1, -0.05) is 66.2 Å². The molecule has 1 saturated carbocycles. The molecular formula is C30H34ClN3O5S. The first kappa shape index (κ1) is 29.7. The van der Waals surface area contributed by atoms with Crippen LogP contribution in [0.15, 0.2) is 83.8 Å². The number of nitrogens with one attached hydrogen (secondary N) is 2. The minimum absolute atomic E-state index is 0.0207. The Bertz CT molecular complexity index is 1380. The van der Waals surface area contributed by atoms with Crippen molar-refractivity contribution in [1.82, 2.24) is 14.9 Å². The molecule has 0 aliphatic heterocycles. The molecule has 1 atom stereocenters. The third-order valence-corrected chi connectivity index (χ3v) is 8.44. The third kappa shape index (κ3) is 8.38. The molecule has 0 spiro atoms. The van der Waals surface area contributed by atoms with E-state index in [2.05, 4.69) is 10.0 Å². The minimum Gasteiger partial charge on any atom is -0.396 e. The Morgan fingerprint density at radius 3 is 2.23 bits per heavy atom. The van der Waals surface area contributed by atoms with Gasteiger partial charge in [0.05, 0.1) is 4.90 Å². The summed E-state index contributed by atoms with van der Waals surface area (Å²) in [5.74, 6) is -0.562. The summed E-state index contributed by atoms with van der Waals surface area (Å²) in [5, 5.41) is 12.6. The fourth-order valence-electron chi connectivity index (χ4n) is 4.32. The second-order valence-electron chi connectivity index (χ2n) is 9.87. The smallest absolute Gasteiger partial charge is 0.247 e. The average molecular weight is 584 g/mol. The van der Waals surface area contributed by atoms with E-state index in [4.69, 9.17) is 16.7 Å². The number of aliphatic hydroxyl groups excluding tert-OH is 1. The molecule has 3 N–H and O–H groups in total. The van der Waals surface area contributed by atoms with Crippen molar-refractivity contribution in [2.24, 2.45) is 0 Å². The highest BCUT2D eigenvalue weighted by atomic mass is 35.5. The van der Waals surface area contributed by atoms with Crippen LogP contribution in [0.4, 0.5) is 0 Å². The standard InChI is InChI=1S/C30H34ClN3O5S/c31-25-12-7-23(8-13-25)21-34(29(24-5-2-1-3-6-24)30(37)32-19-4-20-35)28(36)18-11-22-9-16-27(17-10-22)40(38,39)33-26-14-15-26/h1-3,5-10,12-13,16-17,26,29,33,35H,4,11,14-15,18-21H2,(H,32,37). The Balaban J connectivity index is 1.54. The van der Waals surface area contributed by atoms with Crippen LogP contribution in [0.1, 0.15) is 48.4 Å². The van der Waals surface area contributed by atoms with Crippen LogP contribution in [0.5, 0.6) is 0 Å². The number of hydrogen-bond acceptors (Lipinski definition) is 5. The zero-order chi connectivity index (χ0) is 28.5. The molecule has 4 rings (SSSR count). The summed E-state index contributed by atoms with van der Waals surface area (Å²) < 4.78 is 27.6. The van der Waals surface area contributed by atoms with Gasteiger partial charge in [-0.3, -0.25) is 9.59 Å². The number of rotatable bonds is 14. The van der Waals surface area contributed by atoms with E-state index in [1.54, 1.807) is 41.3 Å². The number of carbonyl (C=O) groups excluding carboxylic acids is 2. The van der Waals surface area contributed by atoms with Crippen LogP contribution in [-0.4, -0.2) is 49.4 Å². The van der Waals surface area contributed by atoms with Gasteiger partial charge in [-0.25, -0.2) is 13.1 Å². The molecule has 3 aromatic rings. The molecular weight excluding hydrogens is 550 g/mol. The van der Waals surface area contributed by atoms with Gasteiger partial charge in [0.1, 0.15) is 6.04 Å². The number of nitrogens with zero attached hydrogens (tertiary/aromatic N) is 1. The van der Waals surface area contributed by atoms with Crippen LogP contribution in [0.2, 0.25) is 5.02 Å². The highest BCUT2D eigenvalue weighted by Crippen LogP contribution is 2.26. The Labute approximate surface area is 240 Å². The Morgan fingerprint density at radius 1 is 0.950 bits per heavy atom. The van der Waals surface area contributed by atoms with Crippen molar-refractivity contribution in [3.05, 3.63) is 101 Å². The highest BCUT2D eigenvalue weighted by Gasteiger charge is 2.31. The van der Waals surface area contributed by atoms with Gasteiger partial charge >= 0.3 is 0 Å². The van der Waals surface area contributed by atoms with Gasteiger partial charge in [-0.2, -0.15) is 0 Å². The van der Waals surface area contributed by atoms with Gasteiger partial charge in [0.2, 0.25) is 21.8 Å². The Kier molecular flexibility index (Phi) is 10.3. The maximum absolute atomic E-state index is 13.8. The lowest BCUT2D eigenvalue weighted by molar-refractivity contribution is -0.141. The number of aliphatic hydroxyl groups is 1. The molecule has 1 unspecified atom stereocenters. The average Bonchev–Trinajstić information content (AvgIpc) is 3.77. The van der Waals surface area contributed by atoms with Gasteiger partial charge in [-0.15, -0.1) is 0 Å². The summed E-state index contributed by atoms with van der Waals surface area (Å²) in [4.78, 5) is 28.9. The maximum atomic E-state index is 13.8. The maximum Gasteiger partial charge on any atom is 0.247 e. The first-order valence-electron chi connectivity index (χ1n) is 13.4. The molecule has 3 aromatic carbocycles. The molecule has 10 heteroatoms. The normalized spacial score (nSPS) is 13.9. The van der Waals surface area contributed by atoms with Crippen molar-refractivity contribution < 1.29 is 23.1 Å². The van der Waals surface area contributed by atoms with Crippen LogP contribution in [0, 0.1) is 0 Å². The number of amides is 2. The fraction of sp³-hybridized carbons (Fsp3) is 0.333. The largest absolute Gasteiger partial charge is 0.396 e. The quantitative estimate of drug-likeness (QED) is 0.248. The van der Waals surface area contributed by atoms with Crippen LogP contribution < -0.4 is 10.0 Å². The number of aryl methyl sites for hydroxylation is 1. The number of hydrogen-bond donors (Lipinski definition) is 3. The molecule has 8 nitrogen and oxygen atoms in total. The molecule has 0 aromatic heterocycles. The predicted octanol–water partition coefficient (Wildman–Crippen LogP) is 3.98. The van der Waals surface area contributed by atoms with E-state index >= 15 is 0 Å². The molecule has 212 valence electrons. The summed E-state index contributed by atoms with van der Waals surface area (Å²) >= 11 is 6.07. The zero-order valence-electron chi connectivity index (χ0n) is 22.1. The topological polar surface area (TPSA) is 116 Å². The molecule has 0 radical (unpaired) electrons. The second-order valence-corrected chi connectivity index (χ2v) is 12.0. The number of benzene rings is 3. The monoisotopic (exact) mass is 583 g/mol. The predicted molar refractivity (Wildman–Crippen MR) is 154 cm³/mol. The molecule has 1 fully saturated rings. The lowest BCUT2D eigenvalue weighted by Crippen LogP contribution is -2.43. The van der Waals surface area contributed by atoms with Gasteiger partial charge in [0, 0.05) is 37.2 Å².